The molecule has 2 N–H and O–H groups in total. The van der Waals surface area contributed by atoms with Gasteiger partial charge in [-0.3, -0.25) is 9.48 Å². The number of carbonyl (C=O) groups excluding carboxylic acids is 1. The molecule has 7 heteroatoms. The summed E-state index contributed by atoms with van der Waals surface area (Å²) in [5, 5.41) is 18.1. The highest BCUT2D eigenvalue weighted by molar-refractivity contribution is 6.32. The van der Waals surface area contributed by atoms with E-state index in [9.17, 15) is 9.90 Å². The van der Waals surface area contributed by atoms with Gasteiger partial charge in [0.25, 0.3) is 0 Å². The molecule has 6 nitrogen and oxygen atoms in total. The molecule has 2 fully saturated rings. The molecule has 1 saturated carbocycles. The van der Waals surface area contributed by atoms with Gasteiger partial charge >= 0.3 is 0 Å². The lowest BCUT2D eigenvalue weighted by molar-refractivity contribution is 0.111. The van der Waals surface area contributed by atoms with E-state index in [0.29, 0.717) is 36.5 Å². The Morgan fingerprint density at radius 2 is 2.30 bits per heavy atom. The Kier molecular flexibility index (Phi) is 4.64. The second kappa shape index (κ2) is 6.84. The van der Waals surface area contributed by atoms with Crippen molar-refractivity contribution in [2.45, 2.75) is 32.2 Å². The molecule has 1 aliphatic heterocycles. The maximum absolute atomic E-state index is 11.4. The molecule has 2 aromatic rings. The number of hydrogen-bond acceptors (Lipinski definition) is 5. The zero-order valence-electron chi connectivity index (χ0n) is 15.5. The van der Waals surface area contributed by atoms with Crippen LogP contribution in [0.4, 0.5) is 0 Å². The molecule has 1 aromatic heterocycles. The number of benzene rings is 1. The number of aromatic nitrogens is 2. The van der Waals surface area contributed by atoms with E-state index in [1.807, 2.05) is 6.20 Å². The van der Waals surface area contributed by atoms with E-state index in [2.05, 4.69) is 35.0 Å². The number of fused-ring (bicyclic) bond motifs is 1. The van der Waals surface area contributed by atoms with E-state index < -0.39 is 0 Å². The third-order valence-electron chi connectivity index (χ3n) is 6.03. The summed E-state index contributed by atoms with van der Waals surface area (Å²) in [4.78, 5) is 11.4. The Morgan fingerprint density at radius 3 is 3.04 bits per heavy atom. The molecule has 3 unspecified atom stereocenters. The van der Waals surface area contributed by atoms with Crippen LogP contribution in [0.15, 0.2) is 24.4 Å². The van der Waals surface area contributed by atoms with Crippen LogP contribution >= 0.6 is 11.6 Å². The van der Waals surface area contributed by atoms with E-state index in [4.69, 9.17) is 16.3 Å². The predicted octanol–water partition coefficient (Wildman–Crippen LogP) is 3.41. The molecule has 144 valence electrons. The molecule has 1 aliphatic carbocycles. The number of aldehydes is 1. The summed E-state index contributed by atoms with van der Waals surface area (Å²) in [5.41, 5.74) is 1.37. The SMILES string of the molecule is CC(C)n1nccc1C1C2CNCCC21COc1ccc(Cl)c(O)c1C=O. The number of halogens is 1. The number of nitrogens with zero attached hydrogens (tertiary/aromatic N) is 2. The fraction of sp³-hybridized carbons (Fsp3) is 0.500. The number of hydrogen-bond donors (Lipinski definition) is 2. The molecule has 1 saturated heterocycles. The van der Waals surface area contributed by atoms with Crippen LogP contribution in [0.25, 0.3) is 0 Å². The smallest absolute Gasteiger partial charge is 0.157 e. The fourth-order valence-corrected chi connectivity index (χ4v) is 4.77. The average Bonchev–Trinajstić information content (AvgIpc) is 3.05. The van der Waals surface area contributed by atoms with Gasteiger partial charge in [-0.05, 0) is 57.5 Å². The number of carbonyl (C=O) groups is 1. The van der Waals surface area contributed by atoms with Crippen molar-refractivity contribution in [3.63, 3.8) is 0 Å². The largest absolute Gasteiger partial charge is 0.505 e. The number of ether oxygens (including phenoxy) is 1. The van der Waals surface area contributed by atoms with Gasteiger partial charge in [0.05, 0.1) is 17.2 Å². The van der Waals surface area contributed by atoms with Crippen LogP contribution in [0.3, 0.4) is 0 Å². The summed E-state index contributed by atoms with van der Waals surface area (Å²) in [5.74, 6) is 0.995. The first-order chi connectivity index (χ1) is 13.0. The third-order valence-corrected chi connectivity index (χ3v) is 6.34. The highest BCUT2D eigenvalue weighted by Crippen LogP contribution is 2.67. The Balaban J connectivity index is 1.60. The van der Waals surface area contributed by atoms with Gasteiger partial charge in [0.1, 0.15) is 11.5 Å². The van der Waals surface area contributed by atoms with Crippen LogP contribution in [0.2, 0.25) is 5.02 Å². The first kappa shape index (κ1) is 18.3. The second-order valence-electron chi connectivity index (χ2n) is 7.78. The minimum atomic E-state index is -0.228. The van der Waals surface area contributed by atoms with Crippen LogP contribution < -0.4 is 10.1 Å². The Labute approximate surface area is 163 Å². The third kappa shape index (κ3) is 2.91. The van der Waals surface area contributed by atoms with Crippen molar-refractivity contribution in [1.29, 1.82) is 0 Å². The average molecular weight is 390 g/mol. The molecule has 0 radical (unpaired) electrons. The maximum atomic E-state index is 11.4. The normalized spacial score (nSPS) is 26.7. The molecule has 0 bridgehead atoms. The number of piperidine rings is 1. The van der Waals surface area contributed by atoms with Gasteiger partial charge in [-0.1, -0.05) is 11.6 Å². The van der Waals surface area contributed by atoms with Crippen molar-refractivity contribution < 1.29 is 14.6 Å². The van der Waals surface area contributed by atoms with Gasteiger partial charge in [-0.15, -0.1) is 0 Å². The van der Waals surface area contributed by atoms with Crippen LogP contribution in [0.1, 0.15) is 48.3 Å². The Hall–Kier alpha value is -2.05. The van der Waals surface area contributed by atoms with Gasteiger partial charge < -0.3 is 15.2 Å². The number of nitrogens with one attached hydrogen (secondary N) is 1. The number of phenolic OH excluding ortho intramolecular Hbond substituents is 1. The molecular weight excluding hydrogens is 366 g/mol. The summed E-state index contributed by atoms with van der Waals surface area (Å²) in [6.45, 7) is 6.66. The first-order valence-corrected chi connectivity index (χ1v) is 9.71. The monoisotopic (exact) mass is 389 g/mol. The first-order valence-electron chi connectivity index (χ1n) is 9.33. The molecule has 0 amide bonds. The number of phenols is 1. The predicted molar refractivity (Wildman–Crippen MR) is 103 cm³/mol. The van der Waals surface area contributed by atoms with Crippen molar-refractivity contribution in [3.05, 3.63) is 40.7 Å². The van der Waals surface area contributed by atoms with Crippen molar-refractivity contribution >= 4 is 17.9 Å². The van der Waals surface area contributed by atoms with Crippen molar-refractivity contribution in [1.82, 2.24) is 15.1 Å². The number of aromatic hydroxyl groups is 1. The van der Waals surface area contributed by atoms with Crippen LogP contribution in [0, 0.1) is 11.3 Å². The summed E-state index contributed by atoms with van der Waals surface area (Å²) < 4.78 is 8.16. The second-order valence-corrected chi connectivity index (χ2v) is 8.19. The van der Waals surface area contributed by atoms with E-state index in [1.165, 1.54) is 5.69 Å². The van der Waals surface area contributed by atoms with Gasteiger partial charge in [0.15, 0.2) is 6.29 Å². The van der Waals surface area contributed by atoms with E-state index in [0.717, 1.165) is 19.5 Å². The van der Waals surface area contributed by atoms with Crippen LogP contribution in [-0.2, 0) is 0 Å². The van der Waals surface area contributed by atoms with Gasteiger partial charge in [0, 0.05) is 29.3 Å². The topological polar surface area (TPSA) is 76.4 Å². The van der Waals surface area contributed by atoms with Gasteiger partial charge in [0.2, 0.25) is 0 Å². The summed E-state index contributed by atoms with van der Waals surface area (Å²) in [6, 6.07) is 5.61. The van der Waals surface area contributed by atoms with Gasteiger partial charge in [-0.2, -0.15) is 5.10 Å². The molecule has 2 aliphatic rings. The molecule has 4 rings (SSSR count). The van der Waals surface area contributed by atoms with Crippen molar-refractivity contribution in [2.75, 3.05) is 19.7 Å². The minimum Gasteiger partial charge on any atom is -0.505 e. The molecule has 1 aromatic carbocycles. The molecule has 3 atom stereocenters. The Morgan fingerprint density at radius 1 is 1.48 bits per heavy atom. The minimum absolute atomic E-state index is 0.0212. The van der Waals surface area contributed by atoms with Crippen molar-refractivity contribution in [2.24, 2.45) is 11.3 Å². The maximum Gasteiger partial charge on any atom is 0.157 e. The summed E-state index contributed by atoms with van der Waals surface area (Å²) in [7, 11) is 0. The zero-order valence-corrected chi connectivity index (χ0v) is 16.2. The lowest BCUT2D eigenvalue weighted by atomic mass is 9.95. The van der Waals surface area contributed by atoms with Crippen LogP contribution in [0.5, 0.6) is 11.5 Å². The fourth-order valence-electron chi connectivity index (χ4n) is 4.60. The van der Waals surface area contributed by atoms with E-state index in [1.54, 1.807) is 12.1 Å². The molecule has 0 spiro atoms. The standard InChI is InChI=1S/C20H24ClN3O3/c1-12(2)24-16(5-7-23-24)18-14-9-22-8-6-20(14,18)11-27-17-4-3-15(21)19(26)13(17)10-25/h3-5,7,10,12,14,18,22,26H,6,8-9,11H2,1-2H3. The van der Waals surface area contributed by atoms with Gasteiger partial charge in [-0.25, -0.2) is 0 Å². The van der Waals surface area contributed by atoms with E-state index in [-0.39, 0.29) is 21.8 Å². The Bertz CT molecular complexity index is 866. The highest BCUT2D eigenvalue weighted by Gasteiger charge is 2.66. The lowest BCUT2D eigenvalue weighted by Gasteiger charge is -2.24. The zero-order chi connectivity index (χ0) is 19.2. The van der Waals surface area contributed by atoms with Crippen molar-refractivity contribution in [3.8, 4) is 11.5 Å². The van der Waals surface area contributed by atoms with E-state index >= 15 is 0 Å². The number of rotatable bonds is 6. The highest BCUT2D eigenvalue weighted by atomic mass is 35.5. The molecular formula is C20H24ClN3O3. The molecule has 2 heterocycles. The quantitative estimate of drug-likeness (QED) is 0.740. The molecule has 27 heavy (non-hydrogen) atoms. The lowest BCUT2D eigenvalue weighted by Crippen LogP contribution is -2.32. The summed E-state index contributed by atoms with van der Waals surface area (Å²) in [6.07, 6.45) is 3.46. The van der Waals surface area contributed by atoms with Crippen LogP contribution in [-0.4, -0.2) is 40.9 Å². The summed E-state index contributed by atoms with van der Waals surface area (Å²) >= 11 is 5.90.